The van der Waals surface area contributed by atoms with Gasteiger partial charge in [-0.05, 0) is 24.3 Å². The summed E-state index contributed by atoms with van der Waals surface area (Å²) in [6, 6.07) is 12.9. The highest BCUT2D eigenvalue weighted by atomic mass is 16.5. The van der Waals surface area contributed by atoms with Gasteiger partial charge in [-0.15, -0.1) is 0 Å². The molecule has 8 heteroatoms. The van der Waals surface area contributed by atoms with E-state index in [0.717, 1.165) is 11.3 Å². The zero-order valence-corrected chi connectivity index (χ0v) is 17.1. The molecule has 156 valence electrons. The Morgan fingerprint density at radius 2 is 1.77 bits per heavy atom. The molecule has 1 fully saturated rings. The lowest BCUT2D eigenvalue weighted by molar-refractivity contribution is 0.0569. The fourth-order valence-corrected chi connectivity index (χ4v) is 3.48. The van der Waals surface area contributed by atoms with Crippen molar-refractivity contribution in [3.05, 3.63) is 65.3 Å². The third-order valence-corrected chi connectivity index (χ3v) is 5.17. The first kappa shape index (κ1) is 19.8. The second kappa shape index (κ2) is 8.44. The fraction of sp³-hybridized carbons (Fsp3) is 0.318. The molecule has 2 heterocycles. The number of para-hydroxylation sites is 1. The molecule has 1 aliphatic rings. The highest BCUT2D eigenvalue weighted by Gasteiger charge is 2.36. The van der Waals surface area contributed by atoms with E-state index in [1.54, 1.807) is 44.4 Å². The van der Waals surface area contributed by atoms with E-state index in [1.165, 1.54) is 0 Å². The Labute approximate surface area is 174 Å². The van der Waals surface area contributed by atoms with Crippen LogP contribution in [-0.2, 0) is 6.42 Å². The molecule has 30 heavy (non-hydrogen) atoms. The van der Waals surface area contributed by atoms with E-state index in [2.05, 4.69) is 10.1 Å². The van der Waals surface area contributed by atoms with Crippen LogP contribution in [0.3, 0.4) is 0 Å². The molecule has 0 radical (unpaired) electrons. The summed E-state index contributed by atoms with van der Waals surface area (Å²) >= 11 is 0. The number of hydrogen-bond donors (Lipinski definition) is 0. The van der Waals surface area contributed by atoms with Crippen molar-refractivity contribution in [2.75, 3.05) is 34.4 Å². The molecule has 4 rings (SSSR count). The summed E-state index contributed by atoms with van der Waals surface area (Å²) < 4.78 is 21.3. The molecular weight excluding hydrogens is 386 g/mol. The number of amides is 1. The number of carbonyl (C=O) groups excluding carboxylic acids is 1. The Hall–Kier alpha value is -3.55. The van der Waals surface area contributed by atoms with Crippen LogP contribution < -0.4 is 14.2 Å². The van der Waals surface area contributed by atoms with Gasteiger partial charge in [0.25, 0.3) is 5.91 Å². The molecule has 0 bridgehead atoms. The minimum absolute atomic E-state index is 0.0352. The second-order valence-electron chi connectivity index (χ2n) is 7.01. The third kappa shape index (κ3) is 3.80. The van der Waals surface area contributed by atoms with Gasteiger partial charge in [0, 0.05) is 30.6 Å². The van der Waals surface area contributed by atoms with Gasteiger partial charge in [0.1, 0.15) is 5.75 Å². The first-order chi connectivity index (χ1) is 14.6. The van der Waals surface area contributed by atoms with Crippen LogP contribution in [0.25, 0.3) is 0 Å². The van der Waals surface area contributed by atoms with Gasteiger partial charge in [0.2, 0.25) is 5.89 Å². The van der Waals surface area contributed by atoms with Crippen molar-refractivity contribution >= 4 is 5.91 Å². The predicted molar refractivity (Wildman–Crippen MR) is 108 cm³/mol. The van der Waals surface area contributed by atoms with Crippen molar-refractivity contribution in [3.63, 3.8) is 0 Å². The number of ether oxygens (including phenoxy) is 3. The third-order valence-electron chi connectivity index (χ3n) is 5.17. The van der Waals surface area contributed by atoms with Crippen LogP contribution >= 0.6 is 0 Å². The summed E-state index contributed by atoms with van der Waals surface area (Å²) in [4.78, 5) is 19.0. The largest absolute Gasteiger partial charge is 0.496 e. The summed E-state index contributed by atoms with van der Waals surface area (Å²) in [6.07, 6.45) is 0.522. The normalized spacial score (nSPS) is 13.6. The molecule has 0 spiro atoms. The van der Waals surface area contributed by atoms with Gasteiger partial charge in [0.05, 0.1) is 27.2 Å². The fourth-order valence-electron chi connectivity index (χ4n) is 3.48. The first-order valence-electron chi connectivity index (χ1n) is 9.58. The van der Waals surface area contributed by atoms with Crippen molar-refractivity contribution in [1.29, 1.82) is 0 Å². The molecule has 3 aromatic rings. The minimum Gasteiger partial charge on any atom is -0.496 e. The number of likely N-dealkylation sites (tertiary alicyclic amines) is 1. The van der Waals surface area contributed by atoms with Crippen LogP contribution in [0.4, 0.5) is 0 Å². The molecule has 8 nitrogen and oxygen atoms in total. The maximum atomic E-state index is 12.7. The number of rotatable bonds is 7. The lowest BCUT2D eigenvalue weighted by Crippen LogP contribution is -2.48. The van der Waals surface area contributed by atoms with Crippen LogP contribution in [0.15, 0.2) is 47.0 Å². The Balaban J connectivity index is 1.38. The quantitative estimate of drug-likeness (QED) is 0.593. The van der Waals surface area contributed by atoms with Crippen LogP contribution in [-0.4, -0.2) is 55.4 Å². The molecule has 1 aromatic heterocycles. The molecule has 0 aliphatic carbocycles. The van der Waals surface area contributed by atoms with E-state index in [4.69, 9.17) is 18.7 Å². The van der Waals surface area contributed by atoms with Gasteiger partial charge < -0.3 is 23.6 Å². The van der Waals surface area contributed by atoms with Crippen molar-refractivity contribution in [2.24, 2.45) is 0 Å². The SMILES string of the molecule is COc1ccccc1Cc1noc(C2CN(C(=O)c3ccc(OC)c(OC)c3)C2)n1. The lowest BCUT2D eigenvalue weighted by Gasteiger charge is -2.37. The monoisotopic (exact) mass is 409 g/mol. The van der Waals surface area contributed by atoms with Crippen LogP contribution in [0.1, 0.15) is 33.6 Å². The van der Waals surface area contributed by atoms with Crippen molar-refractivity contribution in [2.45, 2.75) is 12.3 Å². The summed E-state index contributed by atoms with van der Waals surface area (Å²) in [5, 5.41) is 4.08. The first-order valence-corrected chi connectivity index (χ1v) is 9.58. The molecule has 1 saturated heterocycles. The standard InChI is InChI=1S/C22H23N3O5/c1-27-17-7-5-4-6-14(17)11-20-23-21(30-24-20)16-12-25(13-16)22(26)15-8-9-18(28-2)19(10-15)29-3/h4-10,16H,11-13H2,1-3H3. The van der Waals surface area contributed by atoms with Gasteiger partial charge in [0.15, 0.2) is 17.3 Å². The zero-order valence-electron chi connectivity index (χ0n) is 17.1. The second-order valence-corrected chi connectivity index (χ2v) is 7.01. The van der Waals surface area contributed by atoms with E-state index in [-0.39, 0.29) is 11.8 Å². The van der Waals surface area contributed by atoms with E-state index in [0.29, 0.717) is 48.3 Å². The summed E-state index contributed by atoms with van der Waals surface area (Å²) in [7, 11) is 4.74. The van der Waals surface area contributed by atoms with Gasteiger partial charge >= 0.3 is 0 Å². The number of carbonyl (C=O) groups is 1. The van der Waals surface area contributed by atoms with E-state index >= 15 is 0 Å². The van der Waals surface area contributed by atoms with Crippen LogP contribution in [0.5, 0.6) is 17.2 Å². The number of hydrogen-bond acceptors (Lipinski definition) is 7. The zero-order chi connectivity index (χ0) is 21.1. The smallest absolute Gasteiger partial charge is 0.254 e. The highest BCUT2D eigenvalue weighted by molar-refractivity contribution is 5.95. The Morgan fingerprint density at radius 1 is 1.03 bits per heavy atom. The molecule has 0 atom stereocenters. The maximum Gasteiger partial charge on any atom is 0.254 e. The molecule has 1 amide bonds. The molecule has 0 unspecified atom stereocenters. The molecular formula is C22H23N3O5. The van der Waals surface area contributed by atoms with Crippen LogP contribution in [0, 0.1) is 0 Å². The average Bonchev–Trinajstić information content (AvgIpc) is 3.20. The Bertz CT molecular complexity index is 1040. The molecule has 1 aliphatic heterocycles. The Kier molecular flexibility index (Phi) is 5.56. The van der Waals surface area contributed by atoms with Gasteiger partial charge in [-0.2, -0.15) is 4.98 Å². The number of aromatic nitrogens is 2. The van der Waals surface area contributed by atoms with Crippen molar-refractivity contribution in [3.8, 4) is 17.2 Å². The highest BCUT2D eigenvalue weighted by Crippen LogP contribution is 2.31. The van der Waals surface area contributed by atoms with Gasteiger partial charge in [-0.1, -0.05) is 23.4 Å². The number of nitrogens with zero attached hydrogens (tertiary/aromatic N) is 3. The summed E-state index contributed by atoms with van der Waals surface area (Å²) in [5.41, 5.74) is 1.54. The van der Waals surface area contributed by atoms with Gasteiger partial charge in [-0.25, -0.2) is 0 Å². The summed E-state index contributed by atoms with van der Waals surface area (Å²) in [5.74, 6) is 3.02. The number of benzene rings is 2. The minimum atomic E-state index is -0.0686. The maximum absolute atomic E-state index is 12.7. The van der Waals surface area contributed by atoms with Gasteiger partial charge in [-0.3, -0.25) is 4.79 Å². The summed E-state index contributed by atoms with van der Waals surface area (Å²) in [6.45, 7) is 1.06. The average molecular weight is 409 g/mol. The van der Waals surface area contributed by atoms with E-state index in [9.17, 15) is 4.79 Å². The molecule has 2 aromatic carbocycles. The molecule has 0 N–H and O–H groups in total. The van der Waals surface area contributed by atoms with Crippen molar-refractivity contribution < 1.29 is 23.5 Å². The number of methoxy groups -OCH3 is 3. The van der Waals surface area contributed by atoms with Crippen molar-refractivity contribution in [1.82, 2.24) is 15.0 Å². The van der Waals surface area contributed by atoms with Crippen LogP contribution in [0.2, 0.25) is 0 Å². The van der Waals surface area contributed by atoms with E-state index in [1.807, 2.05) is 24.3 Å². The topological polar surface area (TPSA) is 86.9 Å². The molecule has 0 saturated carbocycles. The van der Waals surface area contributed by atoms with E-state index < -0.39 is 0 Å². The Morgan fingerprint density at radius 3 is 2.50 bits per heavy atom. The lowest BCUT2D eigenvalue weighted by atomic mass is 9.98. The predicted octanol–water partition coefficient (Wildman–Crippen LogP) is 2.93.